The van der Waals surface area contributed by atoms with E-state index >= 15 is 0 Å². The molecule has 2 amide bonds. The molecule has 0 heterocycles. The minimum Gasteiger partial charge on any atom is -0.480 e. The lowest BCUT2D eigenvalue weighted by Gasteiger charge is -2.14. The highest BCUT2D eigenvalue weighted by molar-refractivity contribution is 5.79. The van der Waals surface area contributed by atoms with Gasteiger partial charge in [-0.25, -0.2) is 4.79 Å². The lowest BCUT2D eigenvalue weighted by molar-refractivity contribution is -0.135. The first-order chi connectivity index (χ1) is 5.57. The van der Waals surface area contributed by atoms with Crippen molar-refractivity contribution in [3.05, 3.63) is 12.7 Å². The Morgan fingerprint density at radius 3 is 2.67 bits per heavy atom. The molecule has 0 fully saturated rings. The molecule has 68 valence electrons. The van der Waals surface area contributed by atoms with Crippen molar-refractivity contribution in [1.29, 1.82) is 0 Å². The van der Waals surface area contributed by atoms with Crippen LogP contribution < -0.4 is 5.32 Å². The predicted molar refractivity (Wildman–Crippen MR) is 43.9 cm³/mol. The summed E-state index contributed by atoms with van der Waals surface area (Å²) in [6.07, 6.45) is 1.56. The first-order valence-electron chi connectivity index (χ1n) is 3.39. The monoisotopic (exact) mass is 172 g/mol. The summed E-state index contributed by atoms with van der Waals surface area (Å²) in [7, 11) is 1.55. The van der Waals surface area contributed by atoms with Gasteiger partial charge >= 0.3 is 12.0 Å². The van der Waals surface area contributed by atoms with Crippen LogP contribution in [0.2, 0.25) is 0 Å². The Labute approximate surface area is 70.7 Å². The fraction of sp³-hybridized carbons (Fsp3) is 0.429. The second-order valence-corrected chi connectivity index (χ2v) is 2.22. The van der Waals surface area contributed by atoms with Gasteiger partial charge in [0.2, 0.25) is 0 Å². The third kappa shape index (κ3) is 4.32. The van der Waals surface area contributed by atoms with Crippen molar-refractivity contribution in [2.24, 2.45) is 0 Å². The van der Waals surface area contributed by atoms with E-state index in [2.05, 4.69) is 11.9 Å². The summed E-state index contributed by atoms with van der Waals surface area (Å²) in [5.74, 6) is -1.06. The van der Waals surface area contributed by atoms with E-state index in [1.54, 1.807) is 13.1 Å². The van der Waals surface area contributed by atoms with Crippen LogP contribution in [-0.2, 0) is 4.79 Å². The maximum Gasteiger partial charge on any atom is 0.323 e. The Morgan fingerprint density at radius 1 is 1.67 bits per heavy atom. The third-order valence-corrected chi connectivity index (χ3v) is 1.14. The lowest BCUT2D eigenvalue weighted by atomic mass is 10.5. The van der Waals surface area contributed by atoms with Crippen LogP contribution in [0.5, 0.6) is 0 Å². The second-order valence-electron chi connectivity index (χ2n) is 2.22. The van der Waals surface area contributed by atoms with Crippen LogP contribution >= 0.6 is 0 Å². The number of aliphatic carboxylic acids is 1. The first-order valence-corrected chi connectivity index (χ1v) is 3.39. The quantitative estimate of drug-likeness (QED) is 0.582. The zero-order valence-electron chi connectivity index (χ0n) is 6.91. The van der Waals surface area contributed by atoms with E-state index in [4.69, 9.17) is 5.11 Å². The largest absolute Gasteiger partial charge is 0.480 e. The molecule has 0 aliphatic rings. The number of likely N-dealkylation sites (N-methyl/N-ethyl adjacent to an activating group) is 1. The Hall–Kier alpha value is -1.52. The third-order valence-electron chi connectivity index (χ3n) is 1.14. The van der Waals surface area contributed by atoms with Crippen LogP contribution in [0.25, 0.3) is 0 Å². The van der Waals surface area contributed by atoms with Crippen molar-refractivity contribution in [1.82, 2.24) is 10.2 Å². The van der Waals surface area contributed by atoms with Gasteiger partial charge in [0, 0.05) is 13.6 Å². The molecular formula is C7H12N2O3. The molecule has 0 aliphatic heterocycles. The minimum atomic E-state index is -1.06. The number of nitrogens with zero attached hydrogens (tertiary/aromatic N) is 1. The van der Waals surface area contributed by atoms with Gasteiger partial charge in [0.25, 0.3) is 0 Å². The number of nitrogens with one attached hydrogen (secondary N) is 1. The summed E-state index contributed by atoms with van der Waals surface area (Å²) in [6, 6.07) is -0.419. The Kier molecular flexibility index (Phi) is 4.52. The molecule has 0 rings (SSSR count). The molecule has 0 aromatic carbocycles. The van der Waals surface area contributed by atoms with Gasteiger partial charge < -0.3 is 15.3 Å². The van der Waals surface area contributed by atoms with Crippen molar-refractivity contribution in [2.75, 3.05) is 20.1 Å². The summed E-state index contributed by atoms with van der Waals surface area (Å²) >= 11 is 0. The van der Waals surface area contributed by atoms with Crippen LogP contribution in [0.4, 0.5) is 4.79 Å². The van der Waals surface area contributed by atoms with Gasteiger partial charge in [-0.15, -0.1) is 6.58 Å². The van der Waals surface area contributed by atoms with E-state index in [0.29, 0.717) is 6.54 Å². The van der Waals surface area contributed by atoms with Crippen molar-refractivity contribution >= 4 is 12.0 Å². The molecule has 0 atom stereocenters. The van der Waals surface area contributed by atoms with Gasteiger partial charge in [-0.1, -0.05) is 6.08 Å². The predicted octanol–water partition coefficient (Wildman–Crippen LogP) is -0.102. The van der Waals surface area contributed by atoms with Gasteiger partial charge in [-0.3, -0.25) is 4.79 Å². The van der Waals surface area contributed by atoms with Crippen molar-refractivity contribution in [2.45, 2.75) is 0 Å². The summed E-state index contributed by atoms with van der Waals surface area (Å²) in [6.45, 7) is 3.47. The summed E-state index contributed by atoms with van der Waals surface area (Å²) in [4.78, 5) is 22.3. The van der Waals surface area contributed by atoms with E-state index in [0.717, 1.165) is 0 Å². The number of carbonyl (C=O) groups excluding carboxylic acids is 1. The Bertz CT molecular complexity index is 191. The summed E-state index contributed by atoms with van der Waals surface area (Å²) < 4.78 is 0. The zero-order chi connectivity index (χ0) is 9.56. The van der Waals surface area contributed by atoms with Crippen LogP contribution in [0, 0.1) is 0 Å². The summed E-state index contributed by atoms with van der Waals surface area (Å²) in [5.41, 5.74) is 0. The number of carbonyl (C=O) groups is 2. The van der Waals surface area contributed by atoms with Crippen molar-refractivity contribution in [3.8, 4) is 0 Å². The van der Waals surface area contributed by atoms with E-state index in [-0.39, 0.29) is 6.54 Å². The molecule has 0 unspecified atom stereocenters. The molecule has 0 aromatic heterocycles. The van der Waals surface area contributed by atoms with Crippen LogP contribution in [0.1, 0.15) is 0 Å². The molecule has 5 heteroatoms. The molecule has 0 bridgehead atoms. The average Bonchev–Trinajstić information content (AvgIpc) is 2.00. The van der Waals surface area contributed by atoms with Crippen LogP contribution in [-0.4, -0.2) is 42.1 Å². The number of urea groups is 1. The highest BCUT2D eigenvalue weighted by Gasteiger charge is 2.06. The Morgan fingerprint density at radius 2 is 2.25 bits per heavy atom. The first kappa shape index (κ1) is 10.5. The molecule has 0 aliphatic carbocycles. The lowest BCUT2D eigenvalue weighted by Crippen LogP contribution is -2.39. The smallest absolute Gasteiger partial charge is 0.323 e. The molecular weight excluding hydrogens is 160 g/mol. The van der Waals surface area contributed by atoms with Gasteiger partial charge in [0.05, 0.1) is 0 Å². The molecule has 0 radical (unpaired) electrons. The summed E-state index contributed by atoms with van der Waals surface area (Å²) in [5, 5.41) is 10.4. The highest BCUT2D eigenvalue weighted by atomic mass is 16.4. The molecule has 0 saturated carbocycles. The molecule has 0 saturated heterocycles. The maximum atomic E-state index is 10.9. The number of carboxylic acid groups (broad SMARTS) is 1. The number of hydrogen-bond donors (Lipinski definition) is 2. The van der Waals surface area contributed by atoms with Gasteiger partial charge in [0.15, 0.2) is 0 Å². The van der Waals surface area contributed by atoms with Gasteiger partial charge in [0.1, 0.15) is 6.54 Å². The van der Waals surface area contributed by atoms with Crippen LogP contribution in [0.3, 0.4) is 0 Å². The SMILES string of the molecule is C=CCN(C)C(=O)NCC(=O)O. The Balaban J connectivity index is 3.71. The van der Waals surface area contributed by atoms with Gasteiger partial charge in [-0.2, -0.15) is 0 Å². The number of amides is 2. The number of carboxylic acids is 1. The fourth-order valence-electron chi connectivity index (χ4n) is 0.563. The number of rotatable bonds is 4. The topological polar surface area (TPSA) is 69.6 Å². The molecule has 0 spiro atoms. The molecule has 5 nitrogen and oxygen atoms in total. The molecule has 0 aromatic rings. The van der Waals surface area contributed by atoms with Gasteiger partial charge in [-0.05, 0) is 0 Å². The standard InChI is InChI=1S/C7H12N2O3/c1-3-4-9(2)7(12)8-5-6(10)11/h3H,1,4-5H2,2H3,(H,8,12)(H,10,11). The highest BCUT2D eigenvalue weighted by Crippen LogP contribution is 1.82. The minimum absolute atomic E-state index is 0.361. The molecule has 2 N–H and O–H groups in total. The number of hydrogen-bond acceptors (Lipinski definition) is 2. The van der Waals surface area contributed by atoms with E-state index in [1.165, 1.54) is 4.90 Å². The van der Waals surface area contributed by atoms with E-state index in [9.17, 15) is 9.59 Å². The van der Waals surface area contributed by atoms with Crippen molar-refractivity contribution in [3.63, 3.8) is 0 Å². The van der Waals surface area contributed by atoms with Crippen LogP contribution in [0.15, 0.2) is 12.7 Å². The average molecular weight is 172 g/mol. The zero-order valence-corrected chi connectivity index (χ0v) is 6.91. The van der Waals surface area contributed by atoms with Crippen molar-refractivity contribution < 1.29 is 14.7 Å². The van der Waals surface area contributed by atoms with E-state index < -0.39 is 12.0 Å². The molecule has 12 heavy (non-hydrogen) atoms. The normalized spacial score (nSPS) is 8.75. The fourth-order valence-corrected chi connectivity index (χ4v) is 0.563. The van der Waals surface area contributed by atoms with E-state index in [1.807, 2.05) is 0 Å². The second kappa shape index (κ2) is 5.17. The maximum absolute atomic E-state index is 10.9.